The summed E-state index contributed by atoms with van der Waals surface area (Å²) in [7, 11) is 0. The van der Waals surface area contributed by atoms with Gasteiger partial charge >= 0.3 is 0 Å². The van der Waals surface area contributed by atoms with Crippen molar-refractivity contribution < 1.29 is 0 Å². The Hall–Kier alpha value is -0.860. The van der Waals surface area contributed by atoms with Gasteiger partial charge in [-0.25, -0.2) is 0 Å². The van der Waals surface area contributed by atoms with E-state index in [0.717, 1.165) is 0 Å². The number of aryl methyl sites for hydroxylation is 1. The fourth-order valence-electron chi connectivity index (χ4n) is 3.08. The molecule has 0 aliphatic carbocycles. The molecule has 2 unspecified atom stereocenters. The van der Waals surface area contributed by atoms with Crippen LogP contribution in [0.4, 0.5) is 0 Å². The molecule has 0 radical (unpaired) electrons. The monoisotopic (exact) mass is 260 g/mol. The Kier molecular flexibility index (Phi) is 5.41. The number of hydrogen-bond acceptors (Lipinski definition) is 2. The maximum Gasteiger partial charge on any atom is 0.0294 e. The van der Waals surface area contributed by atoms with Crippen molar-refractivity contribution in [3.8, 4) is 0 Å². The summed E-state index contributed by atoms with van der Waals surface area (Å²) in [6.07, 6.45) is 5.30. The number of rotatable bonds is 5. The van der Waals surface area contributed by atoms with E-state index in [1.807, 2.05) is 0 Å². The van der Waals surface area contributed by atoms with E-state index in [2.05, 4.69) is 55.7 Å². The molecule has 1 aliphatic heterocycles. The smallest absolute Gasteiger partial charge is 0.0294 e. The van der Waals surface area contributed by atoms with E-state index in [4.69, 9.17) is 0 Å². The van der Waals surface area contributed by atoms with Gasteiger partial charge in [-0.2, -0.15) is 0 Å². The van der Waals surface area contributed by atoms with Gasteiger partial charge in [-0.15, -0.1) is 0 Å². The third-order valence-electron chi connectivity index (χ3n) is 4.13. The Balaban J connectivity index is 1.82. The highest BCUT2D eigenvalue weighted by molar-refractivity contribution is 5.24. The largest absolute Gasteiger partial charge is 0.314 e. The first kappa shape index (κ1) is 14.5. The van der Waals surface area contributed by atoms with Crippen molar-refractivity contribution in [2.45, 2.75) is 64.6 Å². The van der Waals surface area contributed by atoms with Gasteiger partial charge < -0.3 is 10.6 Å². The Morgan fingerprint density at radius 3 is 2.84 bits per heavy atom. The van der Waals surface area contributed by atoms with Crippen molar-refractivity contribution >= 4 is 0 Å². The highest BCUT2D eigenvalue weighted by Gasteiger charge is 2.17. The molecular formula is C17H28N2. The lowest BCUT2D eigenvalue weighted by atomic mass is 9.97. The van der Waals surface area contributed by atoms with E-state index in [0.29, 0.717) is 18.1 Å². The summed E-state index contributed by atoms with van der Waals surface area (Å²) in [6, 6.07) is 10.5. The minimum atomic E-state index is 0.429. The molecule has 0 saturated carbocycles. The normalized spacial score (nSPS) is 23.0. The molecule has 2 nitrogen and oxygen atoms in total. The summed E-state index contributed by atoms with van der Waals surface area (Å²) in [5, 5.41) is 7.36. The molecule has 2 rings (SSSR count). The fourth-order valence-corrected chi connectivity index (χ4v) is 3.08. The van der Waals surface area contributed by atoms with Gasteiger partial charge in [0.15, 0.2) is 0 Å². The first-order valence-corrected chi connectivity index (χ1v) is 7.71. The average molecular weight is 260 g/mol. The van der Waals surface area contributed by atoms with Gasteiger partial charge in [-0.3, -0.25) is 0 Å². The standard InChI is InChI=1S/C17H28N2/c1-13-7-6-8-16(11-13)15(3)19-14(2)12-17-9-4-5-10-18-17/h6-8,11,14-15,17-19H,4-5,9-10,12H2,1-3H3/t14?,15-,17?/m1/s1. The summed E-state index contributed by atoms with van der Waals surface area (Å²) in [5.41, 5.74) is 2.73. The Bertz CT molecular complexity index is 383. The number of nitrogens with one attached hydrogen (secondary N) is 2. The van der Waals surface area contributed by atoms with Crippen LogP contribution in [0.1, 0.15) is 56.7 Å². The summed E-state index contributed by atoms with van der Waals surface area (Å²) in [4.78, 5) is 0. The molecule has 19 heavy (non-hydrogen) atoms. The van der Waals surface area contributed by atoms with Gasteiger partial charge in [0.2, 0.25) is 0 Å². The molecule has 0 amide bonds. The van der Waals surface area contributed by atoms with Crippen LogP contribution in [0.25, 0.3) is 0 Å². The molecule has 0 bridgehead atoms. The Labute approximate surface area is 118 Å². The van der Waals surface area contributed by atoms with Gasteiger partial charge in [0.25, 0.3) is 0 Å². The van der Waals surface area contributed by atoms with E-state index >= 15 is 0 Å². The van der Waals surface area contributed by atoms with Crippen LogP contribution in [0.2, 0.25) is 0 Å². The lowest BCUT2D eigenvalue weighted by molar-refractivity contribution is 0.334. The van der Waals surface area contributed by atoms with Crippen LogP contribution < -0.4 is 10.6 Å². The maximum atomic E-state index is 3.73. The molecule has 3 atom stereocenters. The van der Waals surface area contributed by atoms with Crippen LogP contribution >= 0.6 is 0 Å². The number of hydrogen-bond donors (Lipinski definition) is 2. The third kappa shape index (κ3) is 4.63. The molecular weight excluding hydrogens is 232 g/mol. The molecule has 1 aromatic carbocycles. The molecule has 106 valence electrons. The lowest BCUT2D eigenvalue weighted by Crippen LogP contribution is -2.40. The predicted molar refractivity (Wildman–Crippen MR) is 82.5 cm³/mol. The molecule has 2 heteroatoms. The molecule has 0 aromatic heterocycles. The molecule has 2 N–H and O–H groups in total. The quantitative estimate of drug-likeness (QED) is 0.846. The number of benzene rings is 1. The van der Waals surface area contributed by atoms with Crippen LogP contribution in [0, 0.1) is 6.92 Å². The van der Waals surface area contributed by atoms with E-state index in [9.17, 15) is 0 Å². The van der Waals surface area contributed by atoms with Gasteiger partial charge in [0.1, 0.15) is 0 Å². The zero-order chi connectivity index (χ0) is 13.7. The van der Waals surface area contributed by atoms with E-state index in [-0.39, 0.29) is 0 Å². The number of piperidine rings is 1. The van der Waals surface area contributed by atoms with Gasteiger partial charge in [-0.05, 0) is 52.1 Å². The van der Waals surface area contributed by atoms with Crippen molar-refractivity contribution in [1.82, 2.24) is 10.6 Å². The fraction of sp³-hybridized carbons (Fsp3) is 0.647. The second-order valence-corrected chi connectivity index (χ2v) is 6.09. The maximum absolute atomic E-state index is 3.73. The van der Waals surface area contributed by atoms with E-state index in [1.54, 1.807) is 0 Å². The zero-order valence-electron chi connectivity index (χ0n) is 12.6. The first-order valence-electron chi connectivity index (χ1n) is 7.71. The first-order chi connectivity index (χ1) is 9.15. The van der Waals surface area contributed by atoms with Crippen molar-refractivity contribution in [3.63, 3.8) is 0 Å². The van der Waals surface area contributed by atoms with Crippen LogP contribution in [0.3, 0.4) is 0 Å². The average Bonchev–Trinajstić information content (AvgIpc) is 2.39. The Morgan fingerprint density at radius 2 is 2.16 bits per heavy atom. The molecule has 1 fully saturated rings. The molecule has 1 aliphatic rings. The molecule has 1 aromatic rings. The van der Waals surface area contributed by atoms with Crippen molar-refractivity contribution in [2.75, 3.05) is 6.54 Å². The van der Waals surface area contributed by atoms with Gasteiger partial charge in [0.05, 0.1) is 0 Å². The minimum absolute atomic E-state index is 0.429. The van der Waals surface area contributed by atoms with Crippen LogP contribution in [0.5, 0.6) is 0 Å². The second kappa shape index (κ2) is 7.06. The summed E-state index contributed by atoms with van der Waals surface area (Å²) in [6.45, 7) is 7.93. The summed E-state index contributed by atoms with van der Waals surface area (Å²) in [5.74, 6) is 0. The van der Waals surface area contributed by atoms with Crippen molar-refractivity contribution in [3.05, 3.63) is 35.4 Å². The zero-order valence-corrected chi connectivity index (χ0v) is 12.6. The summed E-state index contributed by atoms with van der Waals surface area (Å²) >= 11 is 0. The molecule has 0 spiro atoms. The SMILES string of the molecule is Cc1cccc([C@@H](C)NC(C)CC2CCCCN2)c1. The predicted octanol–water partition coefficient (Wildman–Crippen LogP) is 3.57. The topological polar surface area (TPSA) is 24.1 Å². The van der Waals surface area contributed by atoms with Gasteiger partial charge in [-0.1, -0.05) is 36.2 Å². The van der Waals surface area contributed by atoms with Crippen LogP contribution in [-0.2, 0) is 0 Å². The highest BCUT2D eigenvalue weighted by Crippen LogP contribution is 2.17. The minimum Gasteiger partial charge on any atom is -0.314 e. The van der Waals surface area contributed by atoms with Crippen LogP contribution in [-0.4, -0.2) is 18.6 Å². The van der Waals surface area contributed by atoms with E-state index < -0.39 is 0 Å². The summed E-state index contributed by atoms with van der Waals surface area (Å²) < 4.78 is 0. The second-order valence-electron chi connectivity index (χ2n) is 6.09. The molecule has 1 heterocycles. The van der Waals surface area contributed by atoms with Crippen molar-refractivity contribution in [1.29, 1.82) is 0 Å². The highest BCUT2D eigenvalue weighted by atomic mass is 15.0. The van der Waals surface area contributed by atoms with E-state index in [1.165, 1.54) is 43.4 Å². The van der Waals surface area contributed by atoms with Crippen LogP contribution in [0.15, 0.2) is 24.3 Å². The Morgan fingerprint density at radius 1 is 1.32 bits per heavy atom. The third-order valence-corrected chi connectivity index (χ3v) is 4.13. The van der Waals surface area contributed by atoms with Crippen molar-refractivity contribution in [2.24, 2.45) is 0 Å². The lowest BCUT2D eigenvalue weighted by Gasteiger charge is -2.28. The van der Waals surface area contributed by atoms with Gasteiger partial charge in [0, 0.05) is 18.1 Å². The molecule has 1 saturated heterocycles.